The van der Waals surface area contributed by atoms with Crippen molar-refractivity contribution in [1.82, 2.24) is 9.78 Å². The van der Waals surface area contributed by atoms with Gasteiger partial charge in [-0.25, -0.2) is 4.68 Å². The lowest BCUT2D eigenvalue weighted by atomic mass is 10.2. The molecule has 1 amide bonds. The number of nitrogens with zero attached hydrogens (tertiary/aromatic N) is 2. The van der Waals surface area contributed by atoms with Crippen LogP contribution in [0.3, 0.4) is 0 Å². The van der Waals surface area contributed by atoms with Gasteiger partial charge in [0, 0.05) is 23.9 Å². The van der Waals surface area contributed by atoms with E-state index < -0.39 is 16.4 Å². The Labute approximate surface area is 135 Å². The van der Waals surface area contributed by atoms with E-state index in [9.17, 15) is 19.7 Å². The van der Waals surface area contributed by atoms with E-state index in [1.807, 2.05) is 0 Å². The quantitative estimate of drug-likeness (QED) is 0.567. The summed E-state index contributed by atoms with van der Waals surface area (Å²) >= 11 is 0. The monoisotopic (exact) mass is 324 g/mol. The molecule has 2 N–H and O–H groups in total. The van der Waals surface area contributed by atoms with Gasteiger partial charge in [0.2, 0.25) is 0 Å². The topological polar surface area (TPSA) is 110 Å². The minimum absolute atomic E-state index is 0.0732. The fourth-order valence-electron chi connectivity index (χ4n) is 2.16. The molecule has 0 aliphatic rings. The maximum Gasteiger partial charge on any atom is 0.294 e. The van der Waals surface area contributed by atoms with Gasteiger partial charge in [0.25, 0.3) is 17.2 Å². The van der Waals surface area contributed by atoms with Crippen LogP contribution < -0.4 is 10.9 Å². The van der Waals surface area contributed by atoms with Crippen LogP contribution in [0.15, 0.2) is 65.6 Å². The Morgan fingerprint density at radius 1 is 1.08 bits per heavy atom. The maximum atomic E-state index is 12.3. The second kappa shape index (κ2) is 6.21. The zero-order valence-corrected chi connectivity index (χ0v) is 12.3. The molecular formula is C16H12N4O4. The van der Waals surface area contributed by atoms with E-state index in [0.717, 1.165) is 0 Å². The molecule has 2 aromatic carbocycles. The summed E-state index contributed by atoms with van der Waals surface area (Å²) in [6.07, 6.45) is 1.37. The predicted octanol–water partition coefficient (Wildman–Crippen LogP) is 2.33. The van der Waals surface area contributed by atoms with Crippen molar-refractivity contribution in [3.05, 3.63) is 86.8 Å². The molecule has 8 nitrogen and oxygen atoms in total. The van der Waals surface area contributed by atoms with Crippen LogP contribution in [0.1, 0.15) is 10.4 Å². The molecule has 0 aliphatic heterocycles. The first-order valence-electron chi connectivity index (χ1n) is 6.98. The highest BCUT2D eigenvalue weighted by Crippen LogP contribution is 2.14. The maximum absolute atomic E-state index is 12.3. The lowest BCUT2D eigenvalue weighted by molar-refractivity contribution is -0.384. The Morgan fingerprint density at radius 3 is 2.38 bits per heavy atom. The molecule has 0 unspecified atom stereocenters. The summed E-state index contributed by atoms with van der Waals surface area (Å²) < 4.78 is 1.18. The third-order valence-corrected chi connectivity index (χ3v) is 3.37. The van der Waals surface area contributed by atoms with Crippen LogP contribution in [-0.2, 0) is 0 Å². The smallest absolute Gasteiger partial charge is 0.294 e. The molecule has 0 bridgehead atoms. The summed E-state index contributed by atoms with van der Waals surface area (Å²) in [6, 6.07) is 14.0. The third kappa shape index (κ3) is 2.93. The van der Waals surface area contributed by atoms with E-state index in [4.69, 9.17) is 0 Å². The number of rotatable bonds is 4. The van der Waals surface area contributed by atoms with Crippen molar-refractivity contribution in [2.24, 2.45) is 0 Å². The average Bonchev–Trinajstić information content (AvgIpc) is 2.96. The molecule has 0 radical (unpaired) electrons. The van der Waals surface area contributed by atoms with Crippen molar-refractivity contribution >= 4 is 17.3 Å². The highest BCUT2D eigenvalue weighted by Gasteiger charge is 2.13. The number of aromatic nitrogens is 2. The zero-order chi connectivity index (χ0) is 17.1. The number of nitro groups is 1. The summed E-state index contributed by atoms with van der Waals surface area (Å²) in [5.74, 6) is -0.400. The van der Waals surface area contributed by atoms with Gasteiger partial charge in [-0.15, -0.1) is 0 Å². The van der Waals surface area contributed by atoms with Crippen LogP contribution in [0, 0.1) is 10.1 Å². The summed E-state index contributed by atoms with van der Waals surface area (Å²) in [5, 5.41) is 15.9. The second-order valence-electron chi connectivity index (χ2n) is 4.92. The Kier molecular flexibility index (Phi) is 3.94. The Bertz CT molecular complexity index is 942. The molecule has 1 aromatic heterocycles. The lowest BCUT2D eigenvalue weighted by Gasteiger charge is -2.02. The van der Waals surface area contributed by atoms with Gasteiger partial charge in [0.15, 0.2) is 0 Å². The SMILES string of the molecule is O=C(Nc1c[nH]n(-c2ccc([N+](=O)[O-])cc2)c1=O)c1ccccc1. The summed E-state index contributed by atoms with van der Waals surface area (Å²) in [5.41, 5.74) is 0.400. The summed E-state index contributed by atoms with van der Waals surface area (Å²) in [6.45, 7) is 0. The van der Waals surface area contributed by atoms with Crippen molar-refractivity contribution in [3.63, 3.8) is 0 Å². The number of hydrogen-bond donors (Lipinski definition) is 2. The molecule has 0 saturated heterocycles. The van der Waals surface area contributed by atoms with Gasteiger partial charge < -0.3 is 5.32 Å². The Balaban J connectivity index is 1.85. The number of amides is 1. The first-order valence-corrected chi connectivity index (χ1v) is 6.98. The third-order valence-electron chi connectivity index (χ3n) is 3.37. The van der Waals surface area contributed by atoms with Gasteiger partial charge in [-0.3, -0.25) is 24.8 Å². The fourth-order valence-corrected chi connectivity index (χ4v) is 2.16. The van der Waals surface area contributed by atoms with Crippen LogP contribution >= 0.6 is 0 Å². The molecule has 24 heavy (non-hydrogen) atoms. The van der Waals surface area contributed by atoms with Crippen LogP contribution in [0.25, 0.3) is 5.69 Å². The van der Waals surface area contributed by atoms with Crippen LogP contribution in [0.4, 0.5) is 11.4 Å². The van der Waals surface area contributed by atoms with Crippen LogP contribution in [-0.4, -0.2) is 20.6 Å². The number of non-ortho nitro benzene ring substituents is 1. The first kappa shape index (κ1) is 15.2. The van der Waals surface area contributed by atoms with Crippen molar-refractivity contribution in [2.75, 3.05) is 5.32 Å². The predicted molar refractivity (Wildman–Crippen MR) is 87.4 cm³/mol. The number of carbonyl (C=O) groups excluding carboxylic acids is 1. The second-order valence-corrected chi connectivity index (χ2v) is 4.92. The van der Waals surface area contributed by atoms with Crippen LogP contribution in [0.2, 0.25) is 0 Å². The standard InChI is InChI=1S/C16H12N4O4/c21-15(11-4-2-1-3-5-11)18-14-10-17-19(16(14)22)12-6-8-13(9-7-12)20(23)24/h1-10,17H,(H,18,21). The number of hydrogen-bond acceptors (Lipinski definition) is 4. The highest BCUT2D eigenvalue weighted by atomic mass is 16.6. The number of carbonyl (C=O) groups is 1. The average molecular weight is 324 g/mol. The zero-order valence-electron chi connectivity index (χ0n) is 12.3. The molecular weight excluding hydrogens is 312 g/mol. The van der Waals surface area contributed by atoms with E-state index in [2.05, 4.69) is 10.4 Å². The van der Waals surface area contributed by atoms with Crippen molar-refractivity contribution in [1.29, 1.82) is 0 Å². The lowest BCUT2D eigenvalue weighted by Crippen LogP contribution is -2.21. The number of H-pyrrole nitrogens is 1. The molecule has 0 saturated carbocycles. The van der Waals surface area contributed by atoms with E-state index >= 15 is 0 Å². The van der Waals surface area contributed by atoms with Crippen molar-refractivity contribution in [3.8, 4) is 5.69 Å². The molecule has 3 aromatic rings. The normalized spacial score (nSPS) is 10.3. The molecule has 120 valence electrons. The van der Waals surface area contributed by atoms with Gasteiger partial charge in [-0.05, 0) is 24.3 Å². The molecule has 3 rings (SSSR count). The van der Waals surface area contributed by atoms with Gasteiger partial charge in [0.1, 0.15) is 5.69 Å². The summed E-state index contributed by atoms with van der Waals surface area (Å²) in [7, 11) is 0. The highest BCUT2D eigenvalue weighted by molar-refractivity contribution is 6.04. The number of benzene rings is 2. The van der Waals surface area contributed by atoms with Crippen LogP contribution in [0.5, 0.6) is 0 Å². The molecule has 1 heterocycles. The molecule has 0 spiro atoms. The van der Waals surface area contributed by atoms with Gasteiger partial charge in [-0.1, -0.05) is 18.2 Å². The number of anilines is 1. The van der Waals surface area contributed by atoms with E-state index in [-0.39, 0.29) is 11.4 Å². The molecule has 0 aliphatic carbocycles. The van der Waals surface area contributed by atoms with E-state index in [0.29, 0.717) is 11.3 Å². The minimum atomic E-state index is -0.521. The molecule has 0 atom stereocenters. The van der Waals surface area contributed by atoms with Gasteiger partial charge in [0.05, 0.1) is 10.6 Å². The number of aromatic amines is 1. The Hall–Kier alpha value is -3.68. The van der Waals surface area contributed by atoms with E-state index in [1.54, 1.807) is 30.3 Å². The number of nitrogens with one attached hydrogen (secondary N) is 2. The first-order chi connectivity index (χ1) is 11.6. The van der Waals surface area contributed by atoms with Gasteiger partial charge >= 0.3 is 0 Å². The largest absolute Gasteiger partial charge is 0.316 e. The van der Waals surface area contributed by atoms with Crippen molar-refractivity contribution in [2.45, 2.75) is 0 Å². The minimum Gasteiger partial charge on any atom is -0.316 e. The van der Waals surface area contributed by atoms with Gasteiger partial charge in [-0.2, -0.15) is 0 Å². The molecule has 8 heteroatoms. The summed E-state index contributed by atoms with van der Waals surface area (Å²) in [4.78, 5) is 34.6. The number of nitro benzene ring substituents is 1. The Morgan fingerprint density at radius 2 is 1.75 bits per heavy atom. The van der Waals surface area contributed by atoms with Crippen molar-refractivity contribution < 1.29 is 9.72 Å². The fraction of sp³-hybridized carbons (Fsp3) is 0. The van der Waals surface area contributed by atoms with E-state index in [1.165, 1.54) is 35.1 Å². The molecule has 0 fully saturated rings.